The van der Waals surface area contributed by atoms with Gasteiger partial charge in [0, 0.05) is 29.0 Å². The summed E-state index contributed by atoms with van der Waals surface area (Å²) in [5.41, 5.74) is 1.54. The van der Waals surface area contributed by atoms with Gasteiger partial charge in [0.15, 0.2) is 0 Å². The van der Waals surface area contributed by atoms with Crippen LogP contribution in [0.15, 0.2) is 11.4 Å². The fourth-order valence-corrected chi connectivity index (χ4v) is 7.67. The van der Waals surface area contributed by atoms with E-state index in [1.165, 1.54) is 61.8 Å². The topological polar surface area (TPSA) is 24.1 Å². The zero-order valence-electron chi connectivity index (χ0n) is 19.4. The highest BCUT2D eigenvalue weighted by Gasteiger charge is 2.42. The zero-order chi connectivity index (χ0) is 20.5. The molecule has 4 rings (SSSR count). The summed E-state index contributed by atoms with van der Waals surface area (Å²) < 4.78 is 0. The Labute approximate surface area is 183 Å². The van der Waals surface area contributed by atoms with E-state index in [1.54, 1.807) is 0 Å². The largest absolute Gasteiger partial charge is 0.309 e. The molecule has 2 nitrogen and oxygen atoms in total. The summed E-state index contributed by atoms with van der Waals surface area (Å²) in [6.45, 7) is 12.1. The third-order valence-corrected chi connectivity index (χ3v) is 9.40. The van der Waals surface area contributed by atoms with Gasteiger partial charge in [0.1, 0.15) is 0 Å². The molecule has 6 atom stereocenters. The predicted molar refractivity (Wildman–Crippen MR) is 127 cm³/mol. The van der Waals surface area contributed by atoms with Crippen LogP contribution >= 0.6 is 11.3 Å². The molecule has 3 aliphatic rings. The molecule has 1 aliphatic heterocycles. The van der Waals surface area contributed by atoms with Crippen molar-refractivity contribution in [3.8, 4) is 0 Å². The highest BCUT2D eigenvalue weighted by Crippen LogP contribution is 2.41. The van der Waals surface area contributed by atoms with Gasteiger partial charge in [-0.3, -0.25) is 0 Å². The summed E-state index contributed by atoms with van der Waals surface area (Å²) in [6.07, 6.45) is 11.2. The molecule has 2 aliphatic carbocycles. The van der Waals surface area contributed by atoms with E-state index in [0.29, 0.717) is 24.2 Å². The van der Waals surface area contributed by atoms with E-state index in [9.17, 15) is 0 Å². The van der Waals surface area contributed by atoms with Crippen molar-refractivity contribution in [3.05, 3.63) is 21.9 Å². The standard InChI is InChI=1S/C26H44N2S/c1-16(2)21-9-7-10-22(17(3)4)26(21)28-24-11-6-8-19-12-13-23(27-25(19)24)20-14-18(5)29-15-20/h14-17,19,21-28H,6-13H2,1-5H3. The first-order valence-corrected chi connectivity index (χ1v) is 13.4. The summed E-state index contributed by atoms with van der Waals surface area (Å²) in [6, 6.07) is 5.00. The van der Waals surface area contributed by atoms with Crippen LogP contribution in [0.1, 0.15) is 95.5 Å². The maximum absolute atomic E-state index is 4.34. The minimum Gasteiger partial charge on any atom is -0.309 e. The third kappa shape index (κ3) is 4.77. The molecule has 0 bridgehead atoms. The third-order valence-electron chi connectivity index (χ3n) is 8.52. The van der Waals surface area contributed by atoms with Crippen LogP contribution in [-0.2, 0) is 0 Å². The number of hydrogen-bond donors (Lipinski definition) is 2. The van der Waals surface area contributed by atoms with Crippen LogP contribution in [0.5, 0.6) is 0 Å². The molecule has 2 N–H and O–H groups in total. The molecule has 29 heavy (non-hydrogen) atoms. The maximum atomic E-state index is 4.34. The Bertz CT molecular complexity index is 635. The normalized spacial score (nSPS) is 38.4. The van der Waals surface area contributed by atoms with Crippen LogP contribution < -0.4 is 10.6 Å². The fourth-order valence-electron chi connectivity index (χ4n) is 6.91. The van der Waals surface area contributed by atoms with E-state index in [-0.39, 0.29) is 0 Å². The van der Waals surface area contributed by atoms with Crippen LogP contribution in [-0.4, -0.2) is 18.1 Å². The summed E-state index contributed by atoms with van der Waals surface area (Å²) >= 11 is 1.91. The van der Waals surface area contributed by atoms with E-state index in [2.05, 4.69) is 56.7 Å². The molecule has 2 heterocycles. The molecule has 3 fully saturated rings. The first-order chi connectivity index (χ1) is 13.9. The fraction of sp³-hybridized carbons (Fsp3) is 0.846. The molecule has 3 heteroatoms. The molecule has 6 unspecified atom stereocenters. The van der Waals surface area contributed by atoms with Crippen molar-refractivity contribution in [1.82, 2.24) is 10.6 Å². The minimum atomic E-state index is 0.566. The molecule has 1 aromatic rings. The molecule has 2 saturated carbocycles. The number of rotatable bonds is 5. The summed E-state index contributed by atoms with van der Waals surface area (Å²) in [7, 11) is 0. The van der Waals surface area contributed by atoms with Crippen molar-refractivity contribution in [2.45, 2.75) is 110 Å². The maximum Gasteiger partial charge on any atom is 0.0331 e. The number of hydrogen-bond acceptors (Lipinski definition) is 3. The predicted octanol–water partition coefficient (Wildman–Crippen LogP) is 6.70. The highest BCUT2D eigenvalue weighted by atomic mass is 32.1. The van der Waals surface area contributed by atoms with E-state index >= 15 is 0 Å². The van der Waals surface area contributed by atoms with Crippen molar-refractivity contribution >= 4 is 11.3 Å². The number of fused-ring (bicyclic) bond motifs is 1. The van der Waals surface area contributed by atoms with Crippen molar-refractivity contribution in [2.24, 2.45) is 29.6 Å². The Hall–Kier alpha value is -0.380. The van der Waals surface area contributed by atoms with Crippen molar-refractivity contribution in [3.63, 3.8) is 0 Å². The van der Waals surface area contributed by atoms with Gasteiger partial charge in [-0.15, -0.1) is 11.3 Å². The molecule has 0 spiro atoms. The second kappa shape index (κ2) is 9.40. The van der Waals surface area contributed by atoms with Crippen LogP contribution in [0.2, 0.25) is 0 Å². The van der Waals surface area contributed by atoms with Gasteiger partial charge >= 0.3 is 0 Å². The Morgan fingerprint density at radius 1 is 0.931 bits per heavy atom. The van der Waals surface area contributed by atoms with Crippen LogP contribution in [0.25, 0.3) is 0 Å². The molecular weight excluding hydrogens is 372 g/mol. The average Bonchev–Trinajstić information content (AvgIpc) is 3.14. The Kier molecular flexibility index (Phi) is 7.08. The minimum absolute atomic E-state index is 0.566. The molecule has 1 saturated heterocycles. The van der Waals surface area contributed by atoms with E-state index in [1.807, 2.05) is 11.3 Å². The van der Waals surface area contributed by atoms with Gasteiger partial charge in [0.2, 0.25) is 0 Å². The van der Waals surface area contributed by atoms with E-state index in [0.717, 1.165) is 29.6 Å². The lowest BCUT2D eigenvalue weighted by molar-refractivity contribution is 0.0692. The number of aryl methyl sites for hydroxylation is 1. The van der Waals surface area contributed by atoms with Gasteiger partial charge in [0.05, 0.1) is 0 Å². The first kappa shape index (κ1) is 21.8. The van der Waals surface area contributed by atoms with Gasteiger partial charge in [-0.1, -0.05) is 40.5 Å². The van der Waals surface area contributed by atoms with Crippen molar-refractivity contribution < 1.29 is 0 Å². The molecule has 0 radical (unpaired) electrons. The summed E-state index contributed by atoms with van der Waals surface area (Å²) in [4.78, 5) is 1.45. The van der Waals surface area contributed by atoms with Gasteiger partial charge in [-0.2, -0.15) is 0 Å². The molecular formula is C26H44N2S. The molecule has 0 aromatic carbocycles. The lowest BCUT2D eigenvalue weighted by Gasteiger charge is -2.50. The highest BCUT2D eigenvalue weighted by molar-refractivity contribution is 7.10. The van der Waals surface area contributed by atoms with Crippen molar-refractivity contribution in [1.29, 1.82) is 0 Å². The first-order valence-electron chi connectivity index (χ1n) is 12.5. The smallest absolute Gasteiger partial charge is 0.0331 e. The van der Waals surface area contributed by atoms with Crippen LogP contribution in [0.4, 0.5) is 0 Å². The molecule has 164 valence electrons. The Morgan fingerprint density at radius 2 is 1.62 bits per heavy atom. The Morgan fingerprint density at radius 3 is 2.24 bits per heavy atom. The van der Waals surface area contributed by atoms with E-state index in [4.69, 9.17) is 0 Å². The number of piperidine rings is 1. The lowest BCUT2D eigenvalue weighted by atomic mass is 9.67. The second-order valence-corrected chi connectivity index (χ2v) is 12.2. The molecule has 0 amide bonds. The monoisotopic (exact) mass is 416 g/mol. The van der Waals surface area contributed by atoms with Gasteiger partial charge in [-0.05, 0) is 92.0 Å². The SMILES string of the molecule is Cc1cc(C2CCC3CCCC(NC4C(C(C)C)CCCC4C(C)C)C3N2)cs1. The Balaban J connectivity index is 1.51. The van der Waals surface area contributed by atoms with Crippen LogP contribution in [0, 0.1) is 36.5 Å². The van der Waals surface area contributed by atoms with Crippen LogP contribution in [0.3, 0.4) is 0 Å². The van der Waals surface area contributed by atoms with Gasteiger partial charge in [-0.25, -0.2) is 0 Å². The quantitative estimate of drug-likeness (QED) is 0.557. The van der Waals surface area contributed by atoms with Gasteiger partial charge in [0.25, 0.3) is 0 Å². The number of thiophene rings is 1. The van der Waals surface area contributed by atoms with Gasteiger partial charge < -0.3 is 10.6 Å². The summed E-state index contributed by atoms with van der Waals surface area (Å²) in [5, 5.41) is 10.9. The second-order valence-electron chi connectivity index (χ2n) is 11.0. The zero-order valence-corrected chi connectivity index (χ0v) is 20.2. The summed E-state index contributed by atoms with van der Waals surface area (Å²) in [5.74, 6) is 4.13. The molecule has 1 aromatic heterocycles. The van der Waals surface area contributed by atoms with E-state index < -0.39 is 0 Å². The number of nitrogens with one attached hydrogen (secondary N) is 2. The lowest BCUT2D eigenvalue weighted by Crippen LogP contribution is -2.62. The average molecular weight is 417 g/mol. The van der Waals surface area contributed by atoms with Crippen molar-refractivity contribution in [2.75, 3.05) is 0 Å².